The molecule has 0 saturated heterocycles. The molecule has 3 aromatic rings. The molecule has 1 aromatic heterocycles. The molecule has 0 amide bonds. The Hall–Kier alpha value is -4.71. The van der Waals surface area contributed by atoms with Crippen LogP contribution in [-0.4, -0.2) is 35.3 Å². The number of ether oxygens (including phenoxy) is 5. The highest BCUT2D eigenvalue weighted by molar-refractivity contribution is 5.92. The quantitative estimate of drug-likeness (QED) is 0.0923. The maximum atomic E-state index is 14.1. The average molecular weight is 655 g/mol. The summed E-state index contributed by atoms with van der Waals surface area (Å²) in [6, 6.07) is 6.78. The van der Waals surface area contributed by atoms with E-state index in [-0.39, 0.29) is 71.0 Å². The highest BCUT2D eigenvalue weighted by atomic mass is 16.6. The minimum atomic E-state index is -1.18. The van der Waals surface area contributed by atoms with E-state index >= 15 is 0 Å². The summed E-state index contributed by atoms with van der Waals surface area (Å²) >= 11 is 0. The average Bonchev–Trinajstić information content (AvgIpc) is 2.99. The monoisotopic (exact) mass is 654 g/mol. The van der Waals surface area contributed by atoms with E-state index in [0.717, 1.165) is 0 Å². The summed E-state index contributed by atoms with van der Waals surface area (Å²) in [5.74, 6) is -3.48. The van der Waals surface area contributed by atoms with Crippen LogP contribution in [0.2, 0.25) is 0 Å². The molecule has 47 heavy (non-hydrogen) atoms. The van der Waals surface area contributed by atoms with E-state index < -0.39 is 41.3 Å². The Labute approximate surface area is 272 Å². The van der Waals surface area contributed by atoms with Gasteiger partial charge in [-0.1, -0.05) is 41.0 Å². The second-order valence-corrected chi connectivity index (χ2v) is 10.8. The van der Waals surface area contributed by atoms with Crippen molar-refractivity contribution < 1.29 is 52.4 Å². The topological polar surface area (TPSA) is 165 Å². The Morgan fingerprint density at radius 2 is 1.23 bits per heavy atom. The zero-order valence-corrected chi connectivity index (χ0v) is 27.5. The third kappa shape index (κ3) is 10.1. The van der Waals surface area contributed by atoms with Gasteiger partial charge in [0.15, 0.2) is 23.5 Å². The highest BCUT2D eigenvalue weighted by Crippen LogP contribution is 2.40. The van der Waals surface area contributed by atoms with Crippen molar-refractivity contribution in [3.63, 3.8) is 0 Å². The summed E-state index contributed by atoms with van der Waals surface area (Å²) < 4.78 is 33.9. The van der Waals surface area contributed by atoms with Crippen LogP contribution in [0.3, 0.4) is 0 Å². The predicted octanol–water partition coefficient (Wildman–Crippen LogP) is 6.78. The van der Waals surface area contributed by atoms with Gasteiger partial charge in [0.2, 0.25) is 11.2 Å². The number of aliphatic hydroxyl groups is 1. The van der Waals surface area contributed by atoms with Crippen LogP contribution in [0.1, 0.15) is 98.8 Å². The summed E-state index contributed by atoms with van der Waals surface area (Å²) in [6.45, 7) is 9.03. The normalized spacial score (nSPS) is 11.5. The second kappa shape index (κ2) is 17.8. The number of hydrogen-bond donors (Lipinski definition) is 1. The molecule has 2 aromatic carbocycles. The Bertz CT molecular complexity index is 1640. The fraction of sp³-hybridized carbons (Fsp3) is 0.457. The van der Waals surface area contributed by atoms with Crippen molar-refractivity contribution in [1.29, 1.82) is 0 Å². The first-order chi connectivity index (χ1) is 22.5. The van der Waals surface area contributed by atoms with Crippen LogP contribution >= 0.6 is 0 Å². The van der Waals surface area contributed by atoms with Crippen LogP contribution in [0.4, 0.5) is 0 Å². The van der Waals surface area contributed by atoms with Gasteiger partial charge in [-0.25, -0.2) is 0 Å². The van der Waals surface area contributed by atoms with Crippen molar-refractivity contribution in [1.82, 2.24) is 0 Å². The summed E-state index contributed by atoms with van der Waals surface area (Å²) in [5, 5.41) is 10.1. The van der Waals surface area contributed by atoms with E-state index in [2.05, 4.69) is 0 Å². The summed E-state index contributed by atoms with van der Waals surface area (Å²) in [7, 11) is 0. The van der Waals surface area contributed by atoms with Crippen LogP contribution in [0.5, 0.6) is 28.7 Å². The molecule has 12 nitrogen and oxygen atoms in total. The molecule has 1 unspecified atom stereocenters. The number of hydrogen-bond acceptors (Lipinski definition) is 12. The number of esters is 4. The Morgan fingerprint density at radius 1 is 0.681 bits per heavy atom. The number of fused-ring (bicyclic) bond motifs is 1. The molecule has 0 fully saturated rings. The van der Waals surface area contributed by atoms with Crippen molar-refractivity contribution in [2.75, 3.05) is 0 Å². The minimum Gasteiger partial charge on any atom is -0.461 e. The molecule has 0 bridgehead atoms. The van der Waals surface area contributed by atoms with Crippen molar-refractivity contribution in [3.05, 3.63) is 40.6 Å². The number of benzene rings is 2. The van der Waals surface area contributed by atoms with Crippen molar-refractivity contribution in [2.24, 2.45) is 0 Å². The van der Waals surface area contributed by atoms with Crippen LogP contribution in [0, 0.1) is 0 Å². The Balaban J connectivity index is 2.33. The van der Waals surface area contributed by atoms with Crippen molar-refractivity contribution in [3.8, 4) is 40.1 Å². The first-order valence-corrected chi connectivity index (χ1v) is 16.0. The molecule has 0 aliphatic heterocycles. The van der Waals surface area contributed by atoms with Gasteiger partial charge in [-0.3, -0.25) is 24.0 Å². The molecule has 1 N–H and O–H groups in total. The molecule has 0 aliphatic rings. The number of rotatable bonds is 17. The molecular weight excluding hydrogens is 612 g/mol. The fourth-order valence-corrected chi connectivity index (χ4v) is 4.46. The van der Waals surface area contributed by atoms with Gasteiger partial charge in [0.05, 0.1) is 0 Å². The lowest BCUT2D eigenvalue weighted by molar-refractivity contribution is -0.135. The number of carbonyl (C=O) groups excluding carboxylic acids is 4. The van der Waals surface area contributed by atoms with E-state index in [1.807, 2.05) is 13.8 Å². The van der Waals surface area contributed by atoms with Crippen LogP contribution in [0.15, 0.2) is 39.5 Å². The Morgan fingerprint density at radius 3 is 1.81 bits per heavy atom. The number of carbonyl (C=O) groups is 4. The number of aliphatic hydroxyl groups excluding tert-OH is 1. The van der Waals surface area contributed by atoms with Crippen LogP contribution in [0.25, 0.3) is 22.3 Å². The maximum Gasteiger partial charge on any atom is 0.311 e. The largest absolute Gasteiger partial charge is 0.461 e. The molecule has 0 aliphatic carbocycles. The second-order valence-electron chi connectivity index (χ2n) is 10.8. The lowest BCUT2D eigenvalue weighted by Crippen LogP contribution is -2.18. The van der Waals surface area contributed by atoms with E-state index in [9.17, 15) is 29.1 Å². The minimum absolute atomic E-state index is 0.0104. The molecule has 0 radical (unpaired) electrons. The molecule has 0 saturated carbocycles. The van der Waals surface area contributed by atoms with Crippen LogP contribution in [-0.2, 0) is 19.2 Å². The molecule has 0 spiro atoms. The van der Waals surface area contributed by atoms with Crippen molar-refractivity contribution in [2.45, 2.75) is 105 Å². The van der Waals surface area contributed by atoms with E-state index in [0.29, 0.717) is 38.5 Å². The SMILES string of the molecule is CCCC(=O)Oc1cc(OC(=O)CCC)c2c(=O)c(OC(=O)CCC)c(-c3ccc(OC(O)CCC)c(OC(=O)CCC)c3)oc2c1. The van der Waals surface area contributed by atoms with Crippen molar-refractivity contribution >= 4 is 34.8 Å². The molecular formula is C35H42O12. The van der Waals surface area contributed by atoms with Gasteiger partial charge in [-0.2, -0.15) is 0 Å². The van der Waals surface area contributed by atoms with E-state index in [4.69, 9.17) is 28.1 Å². The van der Waals surface area contributed by atoms with Gasteiger partial charge in [-0.05, 0) is 43.9 Å². The lowest BCUT2D eigenvalue weighted by atomic mass is 10.1. The van der Waals surface area contributed by atoms with E-state index in [1.165, 1.54) is 30.3 Å². The predicted molar refractivity (Wildman–Crippen MR) is 172 cm³/mol. The summed E-state index contributed by atoms with van der Waals surface area (Å²) in [6.07, 6.45) is 1.97. The molecule has 12 heteroatoms. The standard InChI is InChI=1S/C35H42O12/c1-6-11-27(36)42-22-19-25(45-30(39)14-9-4)32-26(20-22)46-34(35(33(32)41)47-31(40)15-10-5)21-16-17-23(43-28(37)12-7-2)24(18-21)44-29(38)13-8-3/h16-20,28,37H,6-15H2,1-5H3. The van der Waals surface area contributed by atoms with Gasteiger partial charge in [0.25, 0.3) is 0 Å². The fourth-order valence-electron chi connectivity index (χ4n) is 4.46. The highest BCUT2D eigenvalue weighted by Gasteiger charge is 2.26. The van der Waals surface area contributed by atoms with Gasteiger partial charge >= 0.3 is 23.9 Å². The molecule has 254 valence electrons. The first kappa shape index (κ1) is 36.8. The molecule has 3 rings (SSSR count). The maximum absolute atomic E-state index is 14.1. The van der Waals surface area contributed by atoms with Gasteiger partial charge in [0.1, 0.15) is 22.5 Å². The zero-order valence-electron chi connectivity index (χ0n) is 27.5. The Kier molecular flexibility index (Phi) is 14.0. The summed E-state index contributed by atoms with van der Waals surface area (Å²) in [4.78, 5) is 64.2. The molecule has 1 heterocycles. The summed E-state index contributed by atoms with van der Waals surface area (Å²) in [5.41, 5.74) is -0.817. The van der Waals surface area contributed by atoms with E-state index in [1.54, 1.807) is 20.8 Å². The third-order valence-electron chi connectivity index (χ3n) is 6.61. The molecule has 1 atom stereocenters. The van der Waals surface area contributed by atoms with Gasteiger partial charge < -0.3 is 33.2 Å². The third-order valence-corrected chi connectivity index (χ3v) is 6.61. The smallest absolute Gasteiger partial charge is 0.311 e. The van der Waals surface area contributed by atoms with Crippen LogP contribution < -0.4 is 29.1 Å². The first-order valence-electron chi connectivity index (χ1n) is 16.0. The zero-order chi connectivity index (χ0) is 34.5. The lowest BCUT2D eigenvalue weighted by Gasteiger charge is -2.17. The van der Waals surface area contributed by atoms with Gasteiger partial charge in [-0.15, -0.1) is 0 Å². The van der Waals surface area contributed by atoms with Gasteiger partial charge in [0, 0.05) is 49.8 Å².